The molecular formula is C15H18Cl2N2O. The summed E-state index contributed by atoms with van der Waals surface area (Å²) in [6.07, 6.45) is 1.80. The Labute approximate surface area is 129 Å². The summed E-state index contributed by atoms with van der Waals surface area (Å²) in [4.78, 5) is 12.4. The van der Waals surface area contributed by atoms with Gasteiger partial charge in [-0.05, 0) is 44.0 Å². The van der Waals surface area contributed by atoms with E-state index in [2.05, 4.69) is 10.6 Å². The number of halogens is 2. The fourth-order valence-electron chi connectivity index (χ4n) is 2.75. The summed E-state index contributed by atoms with van der Waals surface area (Å²) in [5.41, 5.74) is 0.522. The number of nitrogens with one attached hydrogen (secondary N) is 2. The standard InChI is InChI=1S/C15H18Cl2N2O/c1-9(10-7-18-8-10)14(20)19-15(5-6-15)13-11(16)3-2-4-12(13)17/h2-4,9-10,18H,5-8H2,1H3,(H,19,20). The largest absolute Gasteiger partial charge is 0.346 e. The zero-order valence-electron chi connectivity index (χ0n) is 11.4. The molecule has 1 aromatic rings. The normalized spacial score (nSPS) is 21.9. The molecular weight excluding hydrogens is 295 g/mol. The summed E-state index contributed by atoms with van der Waals surface area (Å²) in [5, 5.41) is 7.65. The first kappa shape index (κ1) is 14.2. The van der Waals surface area contributed by atoms with Crippen LogP contribution in [-0.2, 0) is 10.3 Å². The van der Waals surface area contributed by atoms with Crippen molar-refractivity contribution in [3.05, 3.63) is 33.8 Å². The predicted molar refractivity (Wildman–Crippen MR) is 81.0 cm³/mol. The molecule has 0 spiro atoms. The van der Waals surface area contributed by atoms with E-state index >= 15 is 0 Å². The van der Waals surface area contributed by atoms with E-state index in [9.17, 15) is 4.79 Å². The van der Waals surface area contributed by atoms with Crippen molar-refractivity contribution in [1.82, 2.24) is 10.6 Å². The van der Waals surface area contributed by atoms with Crippen LogP contribution in [0.1, 0.15) is 25.3 Å². The second kappa shape index (κ2) is 5.21. The lowest BCUT2D eigenvalue weighted by molar-refractivity contribution is -0.127. The fraction of sp³-hybridized carbons (Fsp3) is 0.533. The van der Waals surface area contributed by atoms with Gasteiger partial charge in [-0.3, -0.25) is 4.79 Å². The average molecular weight is 313 g/mol. The molecule has 1 amide bonds. The first-order chi connectivity index (χ1) is 9.53. The zero-order chi connectivity index (χ0) is 14.3. The summed E-state index contributed by atoms with van der Waals surface area (Å²) in [5.74, 6) is 0.562. The zero-order valence-corrected chi connectivity index (χ0v) is 12.9. The molecule has 0 radical (unpaired) electrons. The van der Waals surface area contributed by atoms with Crippen molar-refractivity contribution in [2.45, 2.75) is 25.3 Å². The summed E-state index contributed by atoms with van der Waals surface area (Å²) in [6.45, 7) is 3.84. The lowest BCUT2D eigenvalue weighted by Gasteiger charge is -2.33. The van der Waals surface area contributed by atoms with Gasteiger partial charge in [-0.1, -0.05) is 36.2 Å². The van der Waals surface area contributed by atoms with E-state index in [-0.39, 0.29) is 17.4 Å². The van der Waals surface area contributed by atoms with E-state index in [1.54, 1.807) is 0 Å². The van der Waals surface area contributed by atoms with Crippen molar-refractivity contribution in [1.29, 1.82) is 0 Å². The molecule has 2 fully saturated rings. The smallest absolute Gasteiger partial charge is 0.223 e. The third-order valence-electron chi connectivity index (χ3n) is 4.49. The minimum absolute atomic E-state index is 0.0231. The van der Waals surface area contributed by atoms with Crippen LogP contribution >= 0.6 is 23.2 Å². The second-order valence-corrected chi connectivity index (χ2v) is 6.69. The highest BCUT2D eigenvalue weighted by molar-refractivity contribution is 6.36. The van der Waals surface area contributed by atoms with Crippen LogP contribution in [0.25, 0.3) is 0 Å². The molecule has 3 rings (SSSR count). The van der Waals surface area contributed by atoms with Gasteiger partial charge in [0.2, 0.25) is 5.91 Å². The van der Waals surface area contributed by atoms with Crippen molar-refractivity contribution >= 4 is 29.1 Å². The number of hydrogen-bond acceptors (Lipinski definition) is 2. The summed E-state index contributed by atoms with van der Waals surface area (Å²) in [6, 6.07) is 5.48. The molecule has 1 heterocycles. The number of rotatable bonds is 4. The van der Waals surface area contributed by atoms with E-state index < -0.39 is 0 Å². The Bertz CT molecular complexity index is 518. The van der Waals surface area contributed by atoms with Gasteiger partial charge in [-0.25, -0.2) is 0 Å². The van der Waals surface area contributed by atoms with Gasteiger partial charge in [0.25, 0.3) is 0 Å². The van der Waals surface area contributed by atoms with E-state index in [0.717, 1.165) is 31.5 Å². The molecule has 5 heteroatoms. The maximum absolute atomic E-state index is 12.4. The van der Waals surface area contributed by atoms with E-state index in [0.29, 0.717) is 16.0 Å². The van der Waals surface area contributed by atoms with Gasteiger partial charge in [-0.15, -0.1) is 0 Å². The number of benzene rings is 1. The Morgan fingerprint density at radius 1 is 1.35 bits per heavy atom. The van der Waals surface area contributed by atoms with Crippen LogP contribution < -0.4 is 10.6 Å². The van der Waals surface area contributed by atoms with Crippen LogP contribution in [0.4, 0.5) is 0 Å². The van der Waals surface area contributed by atoms with Crippen LogP contribution in [-0.4, -0.2) is 19.0 Å². The Morgan fingerprint density at radius 2 is 1.95 bits per heavy atom. The molecule has 3 nitrogen and oxygen atoms in total. The van der Waals surface area contributed by atoms with Crippen LogP contribution in [0.3, 0.4) is 0 Å². The van der Waals surface area contributed by atoms with Gasteiger partial charge < -0.3 is 10.6 Å². The highest BCUT2D eigenvalue weighted by atomic mass is 35.5. The third kappa shape index (κ3) is 2.43. The Balaban J connectivity index is 1.77. The average Bonchev–Trinajstić information content (AvgIpc) is 3.07. The van der Waals surface area contributed by atoms with Gasteiger partial charge in [0.1, 0.15) is 0 Å². The summed E-state index contributed by atoms with van der Waals surface area (Å²) >= 11 is 12.5. The first-order valence-electron chi connectivity index (χ1n) is 7.01. The molecule has 1 aromatic carbocycles. The Morgan fingerprint density at radius 3 is 2.40 bits per heavy atom. The highest BCUT2D eigenvalue weighted by Gasteiger charge is 2.49. The van der Waals surface area contributed by atoms with Crippen LogP contribution in [0, 0.1) is 11.8 Å². The summed E-state index contributed by atoms with van der Waals surface area (Å²) < 4.78 is 0. The third-order valence-corrected chi connectivity index (χ3v) is 5.12. The van der Waals surface area contributed by atoms with Crippen LogP contribution in [0.5, 0.6) is 0 Å². The van der Waals surface area contributed by atoms with Gasteiger partial charge >= 0.3 is 0 Å². The molecule has 2 N–H and O–H groups in total. The van der Waals surface area contributed by atoms with E-state index in [1.807, 2.05) is 25.1 Å². The highest BCUT2D eigenvalue weighted by Crippen LogP contribution is 2.50. The van der Waals surface area contributed by atoms with Crippen LogP contribution in [0.2, 0.25) is 10.0 Å². The molecule has 0 bridgehead atoms. The topological polar surface area (TPSA) is 41.1 Å². The van der Waals surface area contributed by atoms with Crippen molar-refractivity contribution < 1.29 is 4.79 Å². The molecule has 1 atom stereocenters. The van der Waals surface area contributed by atoms with Gasteiger partial charge in [0, 0.05) is 21.5 Å². The monoisotopic (exact) mass is 312 g/mol. The van der Waals surface area contributed by atoms with Crippen molar-refractivity contribution in [2.24, 2.45) is 11.8 Å². The molecule has 1 unspecified atom stereocenters. The fourth-order valence-corrected chi connectivity index (χ4v) is 3.50. The molecule has 20 heavy (non-hydrogen) atoms. The minimum atomic E-state index is -0.349. The van der Waals surface area contributed by atoms with Gasteiger partial charge in [0.15, 0.2) is 0 Å². The molecule has 2 aliphatic rings. The van der Waals surface area contributed by atoms with E-state index in [1.165, 1.54) is 0 Å². The lowest BCUT2D eigenvalue weighted by Crippen LogP contribution is -2.51. The summed E-state index contributed by atoms with van der Waals surface area (Å²) in [7, 11) is 0. The number of carbonyl (C=O) groups excluding carboxylic acids is 1. The lowest BCUT2D eigenvalue weighted by atomic mass is 9.88. The first-order valence-corrected chi connectivity index (χ1v) is 7.76. The SMILES string of the molecule is CC(C(=O)NC1(c2c(Cl)cccc2Cl)CC1)C1CNC1. The second-order valence-electron chi connectivity index (χ2n) is 5.88. The Hall–Kier alpha value is -0.770. The molecule has 0 aromatic heterocycles. The molecule has 1 saturated carbocycles. The predicted octanol–water partition coefficient (Wildman–Crippen LogP) is 2.95. The quantitative estimate of drug-likeness (QED) is 0.897. The van der Waals surface area contributed by atoms with Crippen molar-refractivity contribution in [2.75, 3.05) is 13.1 Å². The maximum atomic E-state index is 12.4. The van der Waals surface area contributed by atoms with Crippen molar-refractivity contribution in [3.63, 3.8) is 0 Å². The number of amides is 1. The molecule has 1 saturated heterocycles. The number of hydrogen-bond donors (Lipinski definition) is 2. The molecule has 1 aliphatic carbocycles. The van der Waals surface area contributed by atoms with Crippen molar-refractivity contribution in [3.8, 4) is 0 Å². The number of carbonyl (C=O) groups is 1. The van der Waals surface area contributed by atoms with Crippen LogP contribution in [0.15, 0.2) is 18.2 Å². The molecule has 108 valence electrons. The Kier molecular flexibility index (Phi) is 3.69. The van der Waals surface area contributed by atoms with Gasteiger partial charge in [0.05, 0.1) is 5.54 Å². The maximum Gasteiger partial charge on any atom is 0.223 e. The molecule has 1 aliphatic heterocycles. The van der Waals surface area contributed by atoms with E-state index in [4.69, 9.17) is 23.2 Å². The minimum Gasteiger partial charge on any atom is -0.346 e. The van der Waals surface area contributed by atoms with Gasteiger partial charge in [-0.2, -0.15) is 0 Å².